The molecule has 10 rings (SSSR count). The van der Waals surface area contributed by atoms with Gasteiger partial charge in [-0.2, -0.15) is 0 Å². The van der Waals surface area contributed by atoms with Crippen molar-refractivity contribution in [2.45, 2.75) is 19.3 Å². The minimum atomic E-state index is -0.0249. The molecule has 0 aliphatic heterocycles. The van der Waals surface area contributed by atoms with E-state index in [0.717, 1.165) is 0 Å². The van der Waals surface area contributed by atoms with Crippen molar-refractivity contribution in [3.8, 4) is 44.5 Å². The van der Waals surface area contributed by atoms with E-state index in [1.165, 1.54) is 98.7 Å². The molecule has 1 aliphatic carbocycles. The Hall–Kier alpha value is -5.98. The second-order valence-corrected chi connectivity index (χ2v) is 14.1. The van der Waals surface area contributed by atoms with Crippen molar-refractivity contribution in [1.82, 2.24) is 0 Å². The zero-order valence-corrected chi connectivity index (χ0v) is 27.7. The molecule has 0 atom stereocenters. The SMILES string of the molecule is CC1(C)c2ccccc2-c2ccc(-c3ccc(-c4ccc(-c5cc6c7ccccc7ccc6c6ccccc56)cc4)c4ccccc34)cc21. The first kappa shape index (κ1) is 28.1. The van der Waals surface area contributed by atoms with Crippen LogP contribution in [0.1, 0.15) is 25.0 Å². The second-order valence-electron chi connectivity index (χ2n) is 14.1. The molecule has 0 bridgehead atoms. The van der Waals surface area contributed by atoms with Gasteiger partial charge in [0.25, 0.3) is 0 Å². The Morgan fingerprint density at radius 3 is 1.51 bits per heavy atom. The number of benzene rings is 9. The molecule has 1 aliphatic rings. The summed E-state index contributed by atoms with van der Waals surface area (Å²) in [6.45, 7) is 4.71. The summed E-state index contributed by atoms with van der Waals surface area (Å²) in [5.74, 6) is 0. The highest BCUT2D eigenvalue weighted by Crippen LogP contribution is 2.50. The van der Waals surface area contributed by atoms with Crippen molar-refractivity contribution in [3.63, 3.8) is 0 Å². The monoisotopic (exact) mass is 622 g/mol. The maximum atomic E-state index is 2.43. The minimum absolute atomic E-state index is 0.0249. The van der Waals surface area contributed by atoms with Crippen LogP contribution < -0.4 is 0 Å². The lowest BCUT2D eigenvalue weighted by atomic mass is 9.81. The van der Waals surface area contributed by atoms with Crippen molar-refractivity contribution in [2.75, 3.05) is 0 Å². The molecule has 0 amide bonds. The summed E-state index contributed by atoms with van der Waals surface area (Å²) in [7, 11) is 0. The van der Waals surface area contributed by atoms with Gasteiger partial charge in [-0.25, -0.2) is 0 Å². The van der Waals surface area contributed by atoms with Crippen LogP contribution in [0.4, 0.5) is 0 Å². The molecule has 0 saturated carbocycles. The van der Waals surface area contributed by atoms with Crippen molar-refractivity contribution < 1.29 is 0 Å². The molecule has 0 unspecified atom stereocenters. The third kappa shape index (κ3) is 4.17. The van der Waals surface area contributed by atoms with Crippen LogP contribution in [-0.2, 0) is 5.41 Å². The van der Waals surface area contributed by atoms with Crippen LogP contribution in [0.2, 0.25) is 0 Å². The summed E-state index contributed by atoms with van der Waals surface area (Å²) < 4.78 is 0. The lowest BCUT2D eigenvalue weighted by molar-refractivity contribution is 0.660. The molecule has 230 valence electrons. The summed E-state index contributed by atoms with van der Waals surface area (Å²) >= 11 is 0. The summed E-state index contributed by atoms with van der Waals surface area (Å²) in [6.07, 6.45) is 0. The topological polar surface area (TPSA) is 0 Å². The van der Waals surface area contributed by atoms with Gasteiger partial charge in [0.2, 0.25) is 0 Å². The molecule has 9 aromatic carbocycles. The fourth-order valence-electron chi connectivity index (χ4n) is 8.60. The van der Waals surface area contributed by atoms with E-state index in [4.69, 9.17) is 0 Å². The van der Waals surface area contributed by atoms with Gasteiger partial charge in [0, 0.05) is 5.41 Å². The smallest absolute Gasteiger partial charge is 0.0159 e. The molecule has 0 radical (unpaired) electrons. The number of fused-ring (bicyclic) bond motifs is 9. The van der Waals surface area contributed by atoms with Crippen LogP contribution in [0.25, 0.3) is 87.6 Å². The zero-order valence-electron chi connectivity index (χ0n) is 27.7. The highest BCUT2D eigenvalue weighted by atomic mass is 14.4. The Kier molecular flexibility index (Phi) is 6.02. The number of hydrogen-bond donors (Lipinski definition) is 0. The summed E-state index contributed by atoms with van der Waals surface area (Å²) in [4.78, 5) is 0. The highest BCUT2D eigenvalue weighted by Gasteiger charge is 2.35. The largest absolute Gasteiger partial charge is 0.0619 e. The molecular weight excluding hydrogens is 589 g/mol. The van der Waals surface area contributed by atoms with Gasteiger partial charge in [0.1, 0.15) is 0 Å². The molecule has 0 saturated heterocycles. The molecule has 0 spiro atoms. The summed E-state index contributed by atoms with van der Waals surface area (Å²) in [5, 5.41) is 10.3. The van der Waals surface area contributed by atoms with E-state index in [1.54, 1.807) is 0 Å². The second kappa shape index (κ2) is 10.5. The van der Waals surface area contributed by atoms with E-state index >= 15 is 0 Å². The lowest BCUT2D eigenvalue weighted by Gasteiger charge is -2.22. The predicted octanol–water partition coefficient (Wildman–Crippen LogP) is 13.6. The third-order valence-electron chi connectivity index (χ3n) is 11.1. The van der Waals surface area contributed by atoms with Crippen LogP contribution in [0.5, 0.6) is 0 Å². The van der Waals surface area contributed by atoms with Gasteiger partial charge < -0.3 is 0 Å². The maximum absolute atomic E-state index is 2.43. The van der Waals surface area contributed by atoms with Gasteiger partial charge in [0.05, 0.1) is 0 Å². The van der Waals surface area contributed by atoms with Crippen molar-refractivity contribution >= 4 is 43.1 Å². The highest BCUT2D eigenvalue weighted by molar-refractivity contribution is 6.21. The standard InChI is InChI=1S/C49H34/c1-49(2)47-18-10-9-17-43(47)44-26-24-34(29-48(44)49)37-28-27-36(38-13-5-6-14-39(37)38)32-19-21-33(22-20-32)45-30-46-35-12-4-3-11-31(35)23-25-42(46)40-15-7-8-16-41(40)45/h3-30H,1-2H3. The lowest BCUT2D eigenvalue weighted by Crippen LogP contribution is -2.14. The van der Waals surface area contributed by atoms with Crippen molar-refractivity contribution in [2.24, 2.45) is 0 Å². The maximum Gasteiger partial charge on any atom is 0.0159 e. The molecular formula is C49H34. The van der Waals surface area contributed by atoms with Gasteiger partial charge in [-0.3, -0.25) is 0 Å². The fourth-order valence-corrected chi connectivity index (χ4v) is 8.60. The Morgan fingerprint density at radius 1 is 0.286 bits per heavy atom. The zero-order chi connectivity index (χ0) is 32.7. The summed E-state index contributed by atoms with van der Waals surface area (Å²) in [5.41, 5.74) is 13.1. The molecule has 9 aromatic rings. The van der Waals surface area contributed by atoms with E-state index in [0.29, 0.717) is 0 Å². The minimum Gasteiger partial charge on any atom is -0.0619 e. The van der Waals surface area contributed by atoms with E-state index in [1.807, 2.05) is 0 Å². The van der Waals surface area contributed by atoms with Gasteiger partial charge in [-0.1, -0.05) is 172 Å². The van der Waals surface area contributed by atoms with Crippen LogP contribution in [0.15, 0.2) is 170 Å². The molecule has 0 N–H and O–H groups in total. The quantitative estimate of drug-likeness (QED) is 0.172. The van der Waals surface area contributed by atoms with Gasteiger partial charge in [-0.05, 0) is 111 Å². The normalized spacial score (nSPS) is 13.3. The average molecular weight is 623 g/mol. The Bertz CT molecular complexity index is 2780. The van der Waals surface area contributed by atoms with Crippen LogP contribution >= 0.6 is 0 Å². The molecule has 0 nitrogen and oxygen atoms in total. The first-order chi connectivity index (χ1) is 24.1. The Balaban J connectivity index is 1.08. The molecule has 0 heteroatoms. The molecule has 0 heterocycles. The fraction of sp³-hybridized carbons (Fsp3) is 0.0612. The third-order valence-corrected chi connectivity index (χ3v) is 11.1. The van der Waals surface area contributed by atoms with Gasteiger partial charge in [-0.15, -0.1) is 0 Å². The van der Waals surface area contributed by atoms with Crippen molar-refractivity contribution in [3.05, 3.63) is 181 Å². The first-order valence-corrected chi connectivity index (χ1v) is 17.3. The Morgan fingerprint density at radius 2 is 0.776 bits per heavy atom. The summed E-state index contributed by atoms with van der Waals surface area (Å²) in [6, 6.07) is 63.2. The van der Waals surface area contributed by atoms with E-state index in [9.17, 15) is 0 Å². The first-order valence-electron chi connectivity index (χ1n) is 17.3. The predicted molar refractivity (Wildman–Crippen MR) is 210 cm³/mol. The van der Waals surface area contributed by atoms with E-state index in [2.05, 4.69) is 184 Å². The van der Waals surface area contributed by atoms with Gasteiger partial charge >= 0.3 is 0 Å². The van der Waals surface area contributed by atoms with Gasteiger partial charge in [0.15, 0.2) is 0 Å². The number of rotatable bonds is 3. The Labute approximate surface area is 286 Å². The van der Waals surface area contributed by atoms with E-state index < -0.39 is 0 Å². The number of hydrogen-bond acceptors (Lipinski definition) is 0. The average Bonchev–Trinajstić information content (AvgIpc) is 3.39. The van der Waals surface area contributed by atoms with Crippen LogP contribution in [0, 0.1) is 0 Å². The molecule has 49 heavy (non-hydrogen) atoms. The van der Waals surface area contributed by atoms with Crippen molar-refractivity contribution in [1.29, 1.82) is 0 Å². The van der Waals surface area contributed by atoms with Crippen LogP contribution in [0.3, 0.4) is 0 Å². The molecule has 0 aromatic heterocycles. The van der Waals surface area contributed by atoms with Crippen LogP contribution in [-0.4, -0.2) is 0 Å². The van der Waals surface area contributed by atoms with E-state index in [-0.39, 0.29) is 5.41 Å². The molecule has 0 fully saturated rings.